The Morgan fingerprint density at radius 1 is 1.11 bits per heavy atom. The van der Waals surface area contributed by atoms with Gasteiger partial charge >= 0.3 is 0 Å². The van der Waals surface area contributed by atoms with Crippen LogP contribution in [-0.4, -0.2) is 36.3 Å². The zero-order valence-corrected chi connectivity index (χ0v) is 15.9. The van der Waals surface area contributed by atoms with Crippen LogP contribution in [0.1, 0.15) is 28.7 Å². The van der Waals surface area contributed by atoms with E-state index in [2.05, 4.69) is 36.9 Å². The van der Waals surface area contributed by atoms with Crippen LogP contribution in [0.3, 0.4) is 0 Å². The van der Waals surface area contributed by atoms with Crippen molar-refractivity contribution in [2.75, 3.05) is 24.5 Å². The molecule has 2 aliphatic heterocycles. The number of carbonyl (C=O) groups excluding carboxylic acids is 2. The zero-order valence-electron chi connectivity index (χ0n) is 15.9. The highest BCUT2D eigenvalue weighted by molar-refractivity contribution is 6.11. The molecule has 2 amide bonds. The van der Waals surface area contributed by atoms with Crippen molar-refractivity contribution in [1.29, 1.82) is 0 Å². The summed E-state index contributed by atoms with van der Waals surface area (Å²) in [4.78, 5) is 28.8. The first-order valence-corrected chi connectivity index (χ1v) is 9.39. The van der Waals surface area contributed by atoms with Gasteiger partial charge in [0.05, 0.1) is 5.41 Å². The third-order valence-corrected chi connectivity index (χ3v) is 6.05. The largest absolute Gasteiger partial charge is 0.368 e. The van der Waals surface area contributed by atoms with Crippen molar-refractivity contribution in [3.63, 3.8) is 0 Å². The monoisotopic (exact) mass is 363 g/mol. The van der Waals surface area contributed by atoms with Crippen LogP contribution in [-0.2, 0) is 21.5 Å². The first-order chi connectivity index (χ1) is 12.9. The molecule has 140 valence electrons. The fourth-order valence-corrected chi connectivity index (χ4v) is 4.65. The van der Waals surface area contributed by atoms with Gasteiger partial charge in [0.2, 0.25) is 11.8 Å². The third kappa shape index (κ3) is 2.82. The number of amides is 2. The van der Waals surface area contributed by atoms with E-state index in [9.17, 15) is 9.59 Å². The Morgan fingerprint density at radius 3 is 2.52 bits per heavy atom. The standard InChI is InChI=1S/C22H25N3O2/c1-15-6-5-7-16(2)17(15)12-24-11-10-22(14-24)18-8-3-4-9-19(18)25(21(22)27)13-20(23)26/h3-9H,10-14H2,1-2H3,(H2,23,26). The molecular formula is C22H25N3O2. The summed E-state index contributed by atoms with van der Waals surface area (Å²) < 4.78 is 0. The number of nitrogens with zero attached hydrogens (tertiary/aromatic N) is 2. The van der Waals surface area contributed by atoms with Crippen molar-refractivity contribution in [2.45, 2.75) is 32.2 Å². The Bertz CT molecular complexity index is 903. The van der Waals surface area contributed by atoms with E-state index in [0.717, 1.165) is 30.8 Å². The minimum Gasteiger partial charge on any atom is -0.368 e. The lowest BCUT2D eigenvalue weighted by atomic mass is 9.81. The van der Waals surface area contributed by atoms with Crippen molar-refractivity contribution in [3.8, 4) is 0 Å². The summed E-state index contributed by atoms with van der Waals surface area (Å²) in [5.74, 6) is -0.480. The fourth-order valence-electron chi connectivity index (χ4n) is 4.65. The van der Waals surface area contributed by atoms with Crippen LogP contribution in [0.5, 0.6) is 0 Å². The Labute approximate surface area is 159 Å². The van der Waals surface area contributed by atoms with Gasteiger partial charge in [-0.25, -0.2) is 0 Å². The number of rotatable bonds is 4. The quantitative estimate of drug-likeness (QED) is 0.906. The van der Waals surface area contributed by atoms with Gasteiger partial charge in [-0.05, 0) is 55.1 Å². The van der Waals surface area contributed by atoms with Gasteiger partial charge in [-0.3, -0.25) is 14.5 Å². The number of fused-ring (bicyclic) bond motifs is 2. The number of benzene rings is 2. The van der Waals surface area contributed by atoms with Gasteiger partial charge in [-0.1, -0.05) is 36.4 Å². The summed E-state index contributed by atoms with van der Waals surface area (Å²) >= 11 is 0. The molecule has 2 aromatic carbocycles. The molecule has 2 N–H and O–H groups in total. The molecule has 2 heterocycles. The summed E-state index contributed by atoms with van der Waals surface area (Å²) in [5, 5.41) is 0. The van der Waals surface area contributed by atoms with Gasteiger partial charge in [-0.2, -0.15) is 0 Å². The van der Waals surface area contributed by atoms with Gasteiger partial charge in [0, 0.05) is 18.8 Å². The molecule has 1 spiro atoms. The predicted molar refractivity (Wildman–Crippen MR) is 105 cm³/mol. The third-order valence-electron chi connectivity index (χ3n) is 6.05. The first-order valence-electron chi connectivity index (χ1n) is 9.39. The molecule has 1 fully saturated rings. The van der Waals surface area contributed by atoms with E-state index < -0.39 is 11.3 Å². The van der Waals surface area contributed by atoms with Crippen LogP contribution >= 0.6 is 0 Å². The van der Waals surface area contributed by atoms with E-state index in [1.807, 2.05) is 24.3 Å². The maximum atomic E-state index is 13.3. The molecule has 0 aliphatic carbocycles. The predicted octanol–water partition coefficient (Wildman–Crippen LogP) is 2.28. The number of hydrogen-bond acceptors (Lipinski definition) is 3. The fraction of sp³-hybridized carbons (Fsp3) is 0.364. The Balaban J connectivity index is 1.65. The van der Waals surface area contributed by atoms with Crippen LogP contribution in [0.15, 0.2) is 42.5 Å². The summed E-state index contributed by atoms with van der Waals surface area (Å²) in [6.45, 7) is 6.59. The maximum Gasteiger partial charge on any atom is 0.239 e. The lowest BCUT2D eigenvalue weighted by Gasteiger charge is -2.25. The molecule has 4 rings (SSSR count). The molecule has 2 aliphatic rings. The molecule has 27 heavy (non-hydrogen) atoms. The highest BCUT2D eigenvalue weighted by Crippen LogP contribution is 2.47. The van der Waals surface area contributed by atoms with E-state index in [1.54, 1.807) is 4.90 Å². The number of carbonyl (C=O) groups is 2. The minimum atomic E-state index is -0.567. The van der Waals surface area contributed by atoms with Gasteiger partial charge in [0.25, 0.3) is 0 Å². The molecular weight excluding hydrogens is 338 g/mol. The van der Waals surface area contributed by atoms with Crippen molar-refractivity contribution in [3.05, 3.63) is 64.7 Å². The van der Waals surface area contributed by atoms with E-state index in [4.69, 9.17) is 5.73 Å². The van der Waals surface area contributed by atoms with Crippen LogP contribution in [0.2, 0.25) is 0 Å². The molecule has 5 nitrogen and oxygen atoms in total. The molecule has 1 unspecified atom stereocenters. The Kier molecular flexibility index (Phi) is 4.27. The smallest absolute Gasteiger partial charge is 0.239 e. The van der Waals surface area contributed by atoms with Crippen LogP contribution in [0.4, 0.5) is 5.69 Å². The number of hydrogen-bond donors (Lipinski definition) is 1. The molecule has 0 saturated carbocycles. The van der Waals surface area contributed by atoms with Crippen LogP contribution < -0.4 is 10.6 Å². The number of para-hydroxylation sites is 1. The SMILES string of the molecule is Cc1cccc(C)c1CN1CCC2(C1)C(=O)N(CC(N)=O)c1ccccc12. The summed E-state index contributed by atoms with van der Waals surface area (Å²) in [5.41, 5.74) is 10.6. The normalized spacial score (nSPS) is 21.9. The van der Waals surface area contributed by atoms with Crippen molar-refractivity contribution >= 4 is 17.5 Å². The van der Waals surface area contributed by atoms with Crippen molar-refractivity contribution < 1.29 is 9.59 Å². The summed E-state index contributed by atoms with van der Waals surface area (Å²) in [6.07, 6.45) is 0.767. The maximum absolute atomic E-state index is 13.3. The highest BCUT2D eigenvalue weighted by Gasteiger charge is 2.54. The summed E-state index contributed by atoms with van der Waals surface area (Å²) in [6, 6.07) is 14.2. The molecule has 2 aromatic rings. The van der Waals surface area contributed by atoms with Gasteiger partial charge in [0.1, 0.15) is 6.54 Å². The van der Waals surface area contributed by atoms with E-state index >= 15 is 0 Å². The van der Waals surface area contributed by atoms with Crippen LogP contribution in [0.25, 0.3) is 0 Å². The second-order valence-corrected chi connectivity index (χ2v) is 7.79. The minimum absolute atomic E-state index is 0.00602. The van der Waals surface area contributed by atoms with Gasteiger partial charge < -0.3 is 10.6 Å². The lowest BCUT2D eigenvalue weighted by Crippen LogP contribution is -2.45. The molecule has 5 heteroatoms. The van der Waals surface area contributed by atoms with E-state index in [0.29, 0.717) is 6.54 Å². The second-order valence-electron chi connectivity index (χ2n) is 7.79. The molecule has 0 aromatic heterocycles. The Hall–Kier alpha value is -2.66. The number of primary amides is 1. The summed E-state index contributed by atoms with van der Waals surface area (Å²) in [7, 11) is 0. The highest BCUT2D eigenvalue weighted by atomic mass is 16.2. The van der Waals surface area contributed by atoms with Crippen molar-refractivity contribution in [1.82, 2.24) is 4.90 Å². The first kappa shape index (κ1) is 17.7. The molecule has 0 radical (unpaired) electrons. The number of aryl methyl sites for hydroxylation is 2. The average Bonchev–Trinajstić information content (AvgIpc) is 3.15. The lowest BCUT2D eigenvalue weighted by molar-refractivity contribution is -0.125. The second kappa shape index (κ2) is 6.50. The molecule has 1 saturated heterocycles. The van der Waals surface area contributed by atoms with Crippen molar-refractivity contribution in [2.24, 2.45) is 5.73 Å². The topological polar surface area (TPSA) is 66.6 Å². The van der Waals surface area contributed by atoms with E-state index in [1.165, 1.54) is 16.7 Å². The average molecular weight is 363 g/mol. The van der Waals surface area contributed by atoms with Gasteiger partial charge in [-0.15, -0.1) is 0 Å². The Morgan fingerprint density at radius 2 is 1.81 bits per heavy atom. The number of likely N-dealkylation sites (tertiary alicyclic amines) is 1. The molecule has 1 atom stereocenters. The van der Waals surface area contributed by atoms with Crippen LogP contribution in [0, 0.1) is 13.8 Å². The van der Waals surface area contributed by atoms with E-state index in [-0.39, 0.29) is 12.5 Å². The number of anilines is 1. The zero-order chi connectivity index (χ0) is 19.2. The van der Waals surface area contributed by atoms with Gasteiger partial charge in [0.15, 0.2) is 0 Å². The number of nitrogens with two attached hydrogens (primary N) is 1. The molecule has 0 bridgehead atoms.